The van der Waals surface area contributed by atoms with Crippen LogP contribution in [0.4, 0.5) is 0 Å². The smallest absolute Gasteiger partial charge is 0.207 e. The highest BCUT2D eigenvalue weighted by atomic mass is 35.5. The Bertz CT molecular complexity index is 619. The zero-order valence-electron chi connectivity index (χ0n) is 11.8. The van der Waals surface area contributed by atoms with Crippen molar-refractivity contribution in [1.29, 1.82) is 0 Å². The Kier molecular flexibility index (Phi) is 5.83. The largest absolute Gasteiger partial charge is 0.244 e. The molecule has 0 saturated carbocycles. The van der Waals surface area contributed by atoms with E-state index < -0.39 is 10.0 Å². The van der Waals surface area contributed by atoms with E-state index in [-0.39, 0.29) is 21.8 Å². The number of sulfonamides is 1. The van der Waals surface area contributed by atoms with E-state index in [2.05, 4.69) is 0 Å². The Morgan fingerprint density at radius 2 is 1.95 bits per heavy atom. The Balaban J connectivity index is 2.48. The molecule has 1 aromatic carbocycles. The van der Waals surface area contributed by atoms with Crippen molar-refractivity contribution >= 4 is 44.8 Å². The molecule has 0 bridgehead atoms. The SMILES string of the molecule is CC1CCCCCN1S(=O)(=O)c1ccc(Cl)c(CCl)c1Cl. The first-order valence-electron chi connectivity index (χ1n) is 6.94. The Morgan fingerprint density at radius 1 is 1.24 bits per heavy atom. The molecule has 3 nitrogen and oxygen atoms in total. The van der Waals surface area contributed by atoms with Crippen LogP contribution in [0.25, 0.3) is 0 Å². The van der Waals surface area contributed by atoms with Gasteiger partial charge in [-0.15, -0.1) is 11.6 Å². The van der Waals surface area contributed by atoms with Gasteiger partial charge >= 0.3 is 0 Å². The summed E-state index contributed by atoms with van der Waals surface area (Å²) in [5.74, 6) is 0.0799. The molecule has 0 N–H and O–H groups in total. The number of rotatable bonds is 3. The van der Waals surface area contributed by atoms with Crippen molar-refractivity contribution in [3.8, 4) is 0 Å². The van der Waals surface area contributed by atoms with Gasteiger partial charge in [0.05, 0.1) is 10.9 Å². The Hall–Kier alpha value is -0.000000000000000167. The lowest BCUT2D eigenvalue weighted by molar-refractivity contribution is 0.342. The predicted molar refractivity (Wildman–Crippen MR) is 87.8 cm³/mol. The number of hydrogen-bond donors (Lipinski definition) is 0. The van der Waals surface area contributed by atoms with Crippen molar-refractivity contribution in [1.82, 2.24) is 4.31 Å². The van der Waals surface area contributed by atoms with E-state index in [1.54, 1.807) is 10.4 Å². The van der Waals surface area contributed by atoms with E-state index in [0.29, 0.717) is 17.1 Å². The third kappa shape index (κ3) is 3.50. The summed E-state index contributed by atoms with van der Waals surface area (Å²) in [5, 5.41) is 0.520. The first-order valence-corrected chi connectivity index (χ1v) is 9.67. The molecule has 0 spiro atoms. The van der Waals surface area contributed by atoms with E-state index >= 15 is 0 Å². The first kappa shape index (κ1) is 17.4. The maximum atomic E-state index is 12.9. The van der Waals surface area contributed by atoms with Gasteiger partial charge in [0.25, 0.3) is 0 Å². The number of hydrogen-bond acceptors (Lipinski definition) is 2. The fourth-order valence-corrected chi connectivity index (χ4v) is 5.63. The van der Waals surface area contributed by atoms with Crippen LogP contribution in [0.1, 0.15) is 38.2 Å². The van der Waals surface area contributed by atoms with Gasteiger partial charge in [0.2, 0.25) is 10.0 Å². The molecule has 0 aliphatic carbocycles. The van der Waals surface area contributed by atoms with Crippen LogP contribution >= 0.6 is 34.8 Å². The van der Waals surface area contributed by atoms with E-state index in [1.165, 1.54) is 6.07 Å². The summed E-state index contributed by atoms with van der Waals surface area (Å²) in [6.45, 7) is 2.47. The maximum Gasteiger partial charge on any atom is 0.244 e. The summed E-state index contributed by atoms with van der Waals surface area (Å²) < 4.78 is 27.4. The molecule has 1 saturated heterocycles. The fraction of sp³-hybridized carbons (Fsp3) is 0.571. The second kappa shape index (κ2) is 7.05. The molecule has 1 aliphatic heterocycles. The molecule has 0 aromatic heterocycles. The van der Waals surface area contributed by atoms with Crippen molar-refractivity contribution in [2.75, 3.05) is 6.54 Å². The van der Waals surface area contributed by atoms with Crippen molar-refractivity contribution in [2.45, 2.75) is 49.4 Å². The molecule has 1 fully saturated rings. The molecule has 1 aromatic rings. The molecule has 1 heterocycles. The van der Waals surface area contributed by atoms with Crippen LogP contribution in [0.2, 0.25) is 10.0 Å². The molecule has 21 heavy (non-hydrogen) atoms. The van der Waals surface area contributed by atoms with Crippen molar-refractivity contribution < 1.29 is 8.42 Å². The Morgan fingerprint density at radius 3 is 2.62 bits per heavy atom. The molecule has 0 radical (unpaired) electrons. The van der Waals surface area contributed by atoms with Crippen LogP contribution in [0, 0.1) is 0 Å². The molecule has 1 atom stereocenters. The minimum atomic E-state index is -3.63. The Labute approximate surface area is 141 Å². The normalized spacial score (nSPS) is 21.2. The summed E-state index contributed by atoms with van der Waals surface area (Å²) in [6, 6.07) is 2.98. The highest BCUT2D eigenvalue weighted by molar-refractivity contribution is 7.89. The summed E-state index contributed by atoms with van der Waals surface area (Å²) in [6.07, 6.45) is 3.84. The minimum Gasteiger partial charge on any atom is -0.207 e. The standard InChI is InChI=1S/C14H18Cl3NO2S/c1-10-5-3-2-4-8-18(10)21(19,20)13-7-6-12(16)11(9-15)14(13)17/h6-7,10H,2-5,8-9H2,1H3. The van der Waals surface area contributed by atoms with Gasteiger partial charge < -0.3 is 0 Å². The van der Waals surface area contributed by atoms with Gasteiger partial charge in [-0.1, -0.05) is 36.0 Å². The van der Waals surface area contributed by atoms with Crippen LogP contribution in [0.5, 0.6) is 0 Å². The lowest BCUT2D eigenvalue weighted by Gasteiger charge is -2.27. The number of nitrogens with zero attached hydrogens (tertiary/aromatic N) is 1. The summed E-state index contributed by atoms with van der Waals surface area (Å²) in [4.78, 5) is 0.0953. The fourth-order valence-electron chi connectivity index (χ4n) is 2.63. The van der Waals surface area contributed by atoms with E-state index in [4.69, 9.17) is 34.8 Å². The molecular weight excluding hydrogens is 353 g/mol. The van der Waals surface area contributed by atoms with Gasteiger partial charge in [-0.05, 0) is 31.9 Å². The first-order chi connectivity index (χ1) is 9.89. The van der Waals surface area contributed by atoms with Gasteiger partial charge in [-0.25, -0.2) is 8.42 Å². The van der Waals surface area contributed by atoms with Crippen LogP contribution in [-0.2, 0) is 15.9 Å². The number of halogens is 3. The average molecular weight is 371 g/mol. The van der Waals surface area contributed by atoms with E-state index in [1.807, 2.05) is 6.92 Å². The van der Waals surface area contributed by atoms with Crippen LogP contribution in [-0.4, -0.2) is 25.3 Å². The molecule has 2 rings (SSSR count). The number of benzene rings is 1. The maximum absolute atomic E-state index is 12.9. The molecule has 7 heteroatoms. The van der Waals surface area contributed by atoms with Crippen LogP contribution in [0.15, 0.2) is 17.0 Å². The van der Waals surface area contributed by atoms with Gasteiger partial charge in [0.15, 0.2) is 0 Å². The molecule has 1 aliphatic rings. The summed E-state index contributed by atoms with van der Waals surface area (Å²) in [7, 11) is -3.63. The van der Waals surface area contributed by atoms with Crippen LogP contribution < -0.4 is 0 Å². The zero-order valence-corrected chi connectivity index (χ0v) is 14.9. The second-order valence-electron chi connectivity index (χ2n) is 5.29. The predicted octanol–water partition coefficient (Wildman–Crippen LogP) is 4.69. The summed E-state index contributed by atoms with van der Waals surface area (Å²) in [5.41, 5.74) is 0.462. The molecular formula is C14H18Cl3NO2S. The molecule has 0 amide bonds. The lowest BCUT2D eigenvalue weighted by Crippen LogP contribution is -2.38. The van der Waals surface area contributed by atoms with E-state index in [0.717, 1.165) is 25.7 Å². The van der Waals surface area contributed by atoms with Gasteiger partial charge in [-0.3, -0.25) is 0 Å². The third-order valence-corrected chi connectivity index (χ3v) is 7.08. The minimum absolute atomic E-state index is 0.0244. The van der Waals surface area contributed by atoms with Crippen molar-refractivity contribution in [3.63, 3.8) is 0 Å². The number of alkyl halides is 1. The monoisotopic (exact) mass is 369 g/mol. The van der Waals surface area contributed by atoms with Crippen molar-refractivity contribution in [2.24, 2.45) is 0 Å². The average Bonchev–Trinajstić information content (AvgIpc) is 2.64. The third-order valence-electron chi connectivity index (χ3n) is 3.86. The topological polar surface area (TPSA) is 37.4 Å². The quantitative estimate of drug-likeness (QED) is 0.724. The molecule has 1 unspecified atom stereocenters. The summed E-state index contributed by atoms with van der Waals surface area (Å²) >= 11 is 18.1. The van der Waals surface area contributed by atoms with E-state index in [9.17, 15) is 8.42 Å². The second-order valence-corrected chi connectivity index (χ2v) is 8.20. The van der Waals surface area contributed by atoms with Gasteiger partial charge in [-0.2, -0.15) is 4.31 Å². The molecule has 118 valence electrons. The highest BCUT2D eigenvalue weighted by Gasteiger charge is 2.32. The lowest BCUT2D eigenvalue weighted by atomic mass is 10.1. The van der Waals surface area contributed by atoms with Crippen LogP contribution in [0.3, 0.4) is 0 Å². The van der Waals surface area contributed by atoms with Gasteiger partial charge in [0.1, 0.15) is 4.90 Å². The zero-order chi connectivity index (χ0) is 15.6. The highest BCUT2D eigenvalue weighted by Crippen LogP contribution is 2.35. The van der Waals surface area contributed by atoms with Crippen molar-refractivity contribution in [3.05, 3.63) is 27.7 Å². The van der Waals surface area contributed by atoms with Gasteiger partial charge in [0, 0.05) is 23.2 Å².